The summed E-state index contributed by atoms with van der Waals surface area (Å²) in [6, 6.07) is 14.5. The van der Waals surface area contributed by atoms with Gasteiger partial charge < -0.3 is 15.6 Å². The van der Waals surface area contributed by atoms with E-state index in [0.717, 1.165) is 15.8 Å². The number of para-hydroxylation sites is 1. The van der Waals surface area contributed by atoms with Crippen molar-refractivity contribution in [3.63, 3.8) is 0 Å². The number of nitrogens with zero attached hydrogens (tertiary/aromatic N) is 2. The number of nitrogens with one attached hydrogen (secondary N) is 1. The third-order valence-electron chi connectivity index (χ3n) is 3.98. The number of carbonyl (C=O) groups excluding carboxylic acids is 1. The third-order valence-corrected chi connectivity index (χ3v) is 6.67. The number of benzene rings is 2. The molecule has 0 bridgehead atoms. The lowest BCUT2D eigenvalue weighted by Gasteiger charge is -2.08. The predicted molar refractivity (Wildman–Crippen MR) is 119 cm³/mol. The van der Waals surface area contributed by atoms with Gasteiger partial charge in [-0.15, -0.1) is 0 Å². The average molecular weight is 448 g/mol. The van der Waals surface area contributed by atoms with Crippen LogP contribution in [0.1, 0.15) is 5.56 Å². The van der Waals surface area contributed by atoms with Crippen LogP contribution < -0.4 is 5.32 Å². The number of aromatic nitrogens is 1. The molecule has 3 rings (SSSR count). The predicted octanol–water partition coefficient (Wildman–Crippen LogP) is 4.52. The SMILES string of the molecule is O=C(NCCSSc1cccc2cccnc12)/C(Cc1ccc(O)c(Cl)c1)=N\O. The molecule has 0 aliphatic carbocycles. The van der Waals surface area contributed by atoms with E-state index in [9.17, 15) is 9.90 Å². The lowest BCUT2D eigenvalue weighted by Crippen LogP contribution is -2.33. The first-order valence-electron chi connectivity index (χ1n) is 8.68. The summed E-state index contributed by atoms with van der Waals surface area (Å²) < 4.78 is 0. The summed E-state index contributed by atoms with van der Waals surface area (Å²) >= 11 is 5.86. The maximum absolute atomic E-state index is 12.2. The first-order chi connectivity index (χ1) is 14.1. The van der Waals surface area contributed by atoms with Gasteiger partial charge in [-0.2, -0.15) is 0 Å². The number of pyridine rings is 1. The highest BCUT2D eigenvalue weighted by Crippen LogP contribution is 2.34. The zero-order valence-corrected chi connectivity index (χ0v) is 17.6. The van der Waals surface area contributed by atoms with E-state index in [1.807, 2.05) is 30.3 Å². The van der Waals surface area contributed by atoms with Crippen molar-refractivity contribution >= 4 is 55.7 Å². The second-order valence-corrected chi connectivity index (χ2v) is 8.87. The molecule has 0 saturated heterocycles. The van der Waals surface area contributed by atoms with Crippen molar-refractivity contribution in [2.45, 2.75) is 11.3 Å². The smallest absolute Gasteiger partial charge is 0.269 e. The normalized spacial score (nSPS) is 11.6. The van der Waals surface area contributed by atoms with Gasteiger partial charge in [0.05, 0.1) is 10.5 Å². The number of hydrogen-bond donors (Lipinski definition) is 3. The third kappa shape index (κ3) is 5.79. The highest BCUT2D eigenvalue weighted by atomic mass is 35.5. The summed E-state index contributed by atoms with van der Waals surface area (Å²) in [6.45, 7) is 0.421. The Bertz CT molecular complexity index is 1040. The number of aromatic hydroxyl groups is 1. The van der Waals surface area contributed by atoms with Crippen LogP contribution in [0.25, 0.3) is 10.9 Å². The second-order valence-electron chi connectivity index (χ2n) is 6.00. The van der Waals surface area contributed by atoms with Crippen LogP contribution in [0.4, 0.5) is 0 Å². The van der Waals surface area contributed by atoms with Gasteiger partial charge in [-0.05, 0) is 29.8 Å². The molecule has 0 saturated carbocycles. The van der Waals surface area contributed by atoms with Gasteiger partial charge in [0.15, 0.2) is 0 Å². The number of rotatable bonds is 8. The van der Waals surface area contributed by atoms with Crippen molar-refractivity contribution in [2.24, 2.45) is 5.16 Å². The minimum Gasteiger partial charge on any atom is -0.506 e. The Balaban J connectivity index is 1.46. The van der Waals surface area contributed by atoms with Crippen LogP contribution >= 0.6 is 33.2 Å². The van der Waals surface area contributed by atoms with E-state index >= 15 is 0 Å². The molecule has 6 nitrogen and oxygen atoms in total. The zero-order valence-electron chi connectivity index (χ0n) is 15.2. The fourth-order valence-electron chi connectivity index (χ4n) is 2.57. The molecule has 1 amide bonds. The summed E-state index contributed by atoms with van der Waals surface area (Å²) in [7, 11) is 3.21. The van der Waals surface area contributed by atoms with Crippen LogP contribution in [0.3, 0.4) is 0 Å². The van der Waals surface area contributed by atoms with E-state index in [0.29, 0.717) is 17.9 Å². The monoisotopic (exact) mass is 447 g/mol. The molecule has 0 fully saturated rings. The zero-order chi connectivity index (χ0) is 20.6. The van der Waals surface area contributed by atoms with E-state index in [4.69, 9.17) is 16.8 Å². The highest BCUT2D eigenvalue weighted by molar-refractivity contribution is 8.76. The van der Waals surface area contributed by atoms with Gasteiger partial charge in [0.1, 0.15) is 11.5 Å². The van der Waals surface area contributed by atoms with E-state index in [-0.39, 0.29) is 22.9 Å². The Hall–Kier alpha value is -2.42. The summed E-state index contributed by atoms with van der Waals surface area (Å²) in [5.41, 5.74) is 1.59. The lowest BCUT2D eigenvalue weighted by atomic mass is 10.1. The van der Waals surface area contributed by atoms with Gasteiger partial charge in [-0.3, -0.25) is 9.78 Å². The fraction of sp³-hybridized carbons (Fsp3) is 0.150. The number of fused-ring (bicyclic) bond motifs is 1. The minimum atomic E-state index is -0.450. The Morgan fingerprint density at radius 2 is 2.03 bits per heavy atom. The Kier molecular flexibility index (Phi) is 7.62. The van der Waals surface area contributed by atoms with Gasteiger partial charge in [-0.25, -0.2) is 0 Å². The summed E-state index contributed by atoms with van der Waals surface area (Å²) in [6.07, 6.45) is 1.88. The molecule has 0 unspecified atom stereocenters. The summed E-state index contributed by atoms with van der Waals surface area (Å²) in [5, 5.41) is 25.7. The van der Waals surface area contributed by atoms with E-state index in [1.165, 1.54) is 12.1 Å². The number of hydrogen-bond acceptors (Lipinski definition) is 7. The fourth-order valence-corrected chi connectivity index (χ4v) is 4.84. The van der Waals surface area contributed by atoms with Crippen LogP contribution in [0, 0.1) is 0 Å². The van der Waals surface area contributed by atoms with Crippen molar-refractivity contribution in [1.82, 2.24) is 10.3 Å². The molecule has 1 aromatic heterocycles. The van der Waals surface area contributed by atoms with Crippen LogP contribution in [0.2, 0.25) is 5.02 Å². The average Bonchev–Trinajstić information content (AvgIpc) is 2.74. The van der Waals surface area contributed by atoms with Crippen molar-refractivity contribution in [3.8, 4) is 5.75 Å². The molecule has 1 heterocycles. The van der Waals surface area contributed by atoms with Crippen molar-refractivity contribution < 1.29 is 15.1 Å². The van der Waals surface area contributed by atoms with Crippen molar-refractivity contribution in [3.05, 3.63) is 65.3 Å². The molecule has 9 heteroatoms. The lowest BCUT2D eigenvalue weighted by molar-refractivity contribution is -0.114. The Labute approximate surface area is 180 Å². The van der Waals surface area contributed by atoms with Gasteiger partial charge in [-0.1, -0.05) is 62.6 Å². The topological polar surface area (TPSA) is 94.8 Å². The maximum Gasteiger partial charge on any atom is 0.269 e. The van der Waals surface area contributed by atoms with Crippen LogP contribution in [0.5, 0.6) is 5.75 Å². The molecular weight excluding hydrogens is 430 g/mol. The molecule has 0 radical (unpaired) electrons. The molecule has 3 N–H and O–H groups in total. The molecule has 150 valence electrons. The van der Waals surface area contributed by atoms with Gasteiger partial charge in [0, 0.05) is 35.2 Å². The number of phenols is 1. The molecule has 3 aromatic rings. The molecule has 29 heavy (non-hydrogen) atoms. The van der Waals surface area contributed by atoms with Gasteiger partial charge in [0.25, 0.3) is 5.91 Å². The standard InChI is InChI=1S/C20H18ClN3O3S2/c21-15-11-13(6-7-17(15)25)12-16(24-27)20(26)23-9-10-28-29-18-5-1-3-14-4-2-8-22-19(14)18/h1-8,11,25,27H,9-10,12H2,(H,23,26)/b24-16-. The van der Waals surface area contributed by atoms with Gasteiger partial charge >= 0.3 is 0 Å². The van der Waals surface area contributed by atoms with Crippen molar-refractivity contribution in [1.29, 1.82) is 0 Å². The largest absolute Gasteiger partial charge is 0.506 e. The van der Waals surface area contributed by atoms with Crippen LogP contribution in [0.15, 0.2) is 64.8 Å². The molecule has 0 spiro atoms. The van der Waals surface area contributed by atoms with Crippen molar-refractivity contribution in [2.75, 3.05) is 12.3 Å². The number of phenolic OH excluding ortho intramolecular Hbond substituents is 1. The number of oxime groups is 1. The molecular formula is C20H18ClN3O3S2. The quantitative estimate of drug-likeness (QED) is 0.154. The first-order valence-corrected chi connectivity index (χ1v) is 11.4. The highest BCUT2D eigenvalue weighted by Gasteiger charge is 2.14. The van der Waals surface area contributed by atoms with Gasteiger partial charge in [0.2, 0.25) is 0 Å². The number of carbonyl (C=O) groups is 1. The minimum absolute atomic E-state index is 0.0253. The van der Waals surface area contributed by atoms with E-state index < -0.39 is 5.91 Å². The summed E-state index contributed by atoms with van der Waals surface area (Å²) in [5.74, 6) is 0.177. The van der Waals surface area contributed by atoms with Crippen LogP contribution in [-0.4, -0.2) is 39.2 Å². The number of amides is 1. The summed E-state index contributed by atoms with van der Waals surface area (Å²) in [4.78, 5) is 17.7. The Morgan fingerprint density at radius 1 is 1.21 bits per heavy atom. The molecule has 0 aliphatic rings. The van der Waals surface area contributed by atoms with E-state index in [2.05, 4.69) is 15.5 Å². The second kappa shape index (κ2) is 10.4. The van der Waals surface area contributed by atoms with Crippen LogP contribution in [-0.2, 0) is 11.2 Å². The Morgan fingerprint density at radius 3 is 2.83 bits per heavy atom. The maximum atomic E-state index is 12.2. The first kappa shape index (κ1) is 21.3. The van der Waals surface area contributed by atoms with E-state index in [1.54, 1.807) is 33.9 Å². The molecule has 0 atom stereocenters. The molecule has 2 aromatic carbocycles. The number of halogens is 1. The molecule has 0 aliphatic heterocycles.